The zero-order valence-corrected chi connectivity index (χ0v) is 17.2. The number of rotatable bonds is 3. The summed E-state index contributed by atoms with van der Waals surface area (Å²) >= 11 is 2.79. The number of furan rings is 1. The standard InChI is InChI=1S/C21H18N2O3S2/c1-21(2,3)17(24)11-18-23-19(25)16(27-18)10-12-8-9-14(26-12)20-22-13-6-4-5-7-15(13)28-20/h4-11H,1-3H3,(H,23,25)/b16-10+,18-11+. The Balaban J connectivity index is 1.68. The highest BCUT2D eigenvalue weighted by atomic mass is 32.1. The van der Waals surface area contributed by atoms with E-state index in [4.69, 9.17) is 4.42 Å². The average molecular weight is 411 g/mol. The summed E-state index contributed by atoms with van der Waals surface area (Å²) < 4.78 is 7.99. The first-order chi connectivity index (χ1) is 13.3. The predicted molar refractivity (Wildman–Crippen MR) is 114 cm³/mol. The minimum atomic E-state index is -0.488. The van der Waals surface area contributed by atoms with E-state index in [-0.39, 0.29) is 11.3 Å². The van der Waals surface area contributed by atoms with Gasteiger partial charge in [0, 0.05) is 17.6 Å². The third-order valence-electron chi connectivity index (χ3n) is 4.09. The number of Topliss-reactive ketones (excluding diaryl/α,β-unsaturated/α-hetero) is 1. The first-order valence-corrected chi connectivity index (χ1v) is 10.4. The Morgan fingerprint density at radius 3 is 2.68 bits per heavy atom. The normalized spacial score (nSPS) is 13.5. The zero-order valence-electron chi connectivity index (χ0n) is 15.6. The lowest BCUT2D eigenvalue weighted by molar-refractivity contribution is -0.119. The summed E-state index contributed by atoms with van der Waals surface area (Å²) in [5.74, 6) is 1.19. The van der Waals surface area contributed by atoms with E-state index >= 15 is 0 Å². The maximum absolute atomic E-state index is 12.2. The van der Waals surface area contributed by atoms with Gasteiger partial charge in [-0.2, -0.15) is 0 Å². The molecule has 0 aliphatic heterocycles. The molecule has 0 spiro atoms. The molecular formula is C21H18N2O3S2. The first kappa shape index (κ1) is 18.6. The molecule has 4 rings (SSSR count). The second-order valence-corrected chi connectivity index (χ2v) is 9.49. The van der Waals surface area contributed by atoms with Crippen molar-refractivity contribution in [2.75, 3.05) is 0 Å². The Morgan fingerprint density at radius 2 is 1.93 bits per heavy atom. The van der Waals surface area contributed by atoms with Crippen molar-refractivity contribution < 1.29 is 9.21 Å². The summed E-state index contributed by atoms with van der Waals surface area (Å²) in [5.41, 5.74) is 0.205. The van der Waals surface area contributed by atoms with Gasteiger partial charge < -0.3 is 9.40 Å². The molecule has 0 unspecified atom stereocenters. The van der Waals surface area contributed by atoms with Crippen LogP contribution in [0.1, 0.15) is 26.5 Å². The summed E-state index contributed by atoms with van der Waals surface area (Å²) in [4.78, 5) is 31.7. The number of fused-ring (bicyclic) bond motifs is 1. The fourth-order valence-corrected chi connectivity index (χ4v) is 4.30. The van der Waals surface area contributed by atoms with Gasteiger partial charge in [0.1, 0.15) is 5.76 Å². The molecule has 0 saturated carbocycles. The van der Waals surface area contributed by atoms with Gasteiger partial charge in [0.2, 0.25) is 0 Å². The number of H-pyrrole nitrogens is 1. The molecule has 0 aliphatic carbocycles. The summed E-state index contributed by atoms with van der Waals surface area (Å²) in [7, 11) is 0. The summed E-state index contributed by atoms with van der Waals surface area (Å²) in [5, 5.41) is 0.797. The van der Waals surface area contributed by atoms with E-state index in [9.17, 15) is 9.59 Å². The maximum atomic E-state index is 12.2. The van der Waals surface area contributed by atoms with Crippen molar-refractivity contribution in [3.63, 3.8) is 0 Å². The number of hydrogen-bond acceptors (Lipinski definition) is 6. The largest absolute Gasteiger partial charge is 0.454 e. The number of aromatic amines is 1. The lowest BCUT2D eigenvalue weighted by atomic mass is 9.91. The number of nitrogens with one attached hydrogen (secondary N) is 1. The van der Waals surface area contributed by atoms with Crippen LogP contribution < -0.4 is 14.8 Å². The van der Waals surface area contributed by atoms with Gasteiger partial charge >= 0.3 is 0 Å². The van der Waals surface area contributed by atoms with E-state index in [2.05, 4.69) is 9.97 Å². The van der Waals surface area contributed by atoms with Crippen molar-refractivity contribution in [2.45, 2.75) is 20.8 Å². The Kier molecular flexibility index (Phi) is 4.64. The van der Waals surface area contributed by atoms with Crippen LogP contribution in [0, 0.1) is 5.41 Å². The molecular weight excluding hydrogens is 392 g/mol. The molecule has 142 valence electrons. The van der Waals surface area contributed by atoms with Crippen LogP contribution in [0.25, 0.3) is 33.1 Å². The quantitative estimate of drug-likeness (QED) is 0.561. The number of carbonyl (C=O) groups excluding carboxylic acids is 1. The first-order valence-electron chi connectivity index (χ1n) is 8.72. The highest BCUT2D eigenvalue weighted by molar-refractivity contribution is 7.21. The Bertz CT molecular complexity index is 1310. The van der Waals surface area contributed by atoms with Crippen molar-refractivity contribution in [1.29, 1.82) is 0 Å². The molecule has 4 aromatic rings. The topological polar surface area (TPSA) is 76.0 Å². The second-order valence-electron chi connectivity index (χ2n) is 7.38. The van der Waals surface area contributed by atoms with E-state index in [1.54, 1.807) is 17.4 Å². The van der Waals surface area contributed by atoms with Gasteiger partial charge in [-0.1, -0.05) is 32.9 Å². The number of nitrogens with zero attached hydrogens (tertiary/aromatic N) is 1. The molecule has 1 aromatic carbocycles. The number of carbonyl (C=O) groups is 1. The van der Waals surface area contributed by atoms with Crippen molar-refractivity contribution in [3.8, 4) is 10.8 Å². The average Bonchev–Trinajstić information content (AvgIpc) is 3.33. The van der Waals surface area contributed by atoms with Crippen LogP contribution in [-0.4, -0.2) is 15.8 Å². The SMILES string of the molecule is CC(C)(C)C(=O)/C=c1\[nH]c(=O)/c(=C\c2ccc(-c3nc4ccccc4s3)o2)s1. The van der Waals surface area contributed by atoms with Gasteiger partial charge in [-0.25, -0.2) is 4.98 Å². The van der Waals surface area contributed by atoms with Crippen molar-refractivity contribution >= 4 is 50.8 Å². The molecule has 7 heteroatoms. The number of benzene rings is 1. The Morgan fingerprint density at radius 1 is 1.14 bits per heavy atom. The summed E-state index contributed by atoms with van der Waals surface area (Å²) in [6, 6.07) is 11.6. The molecule has 0 aliphatic rings. The van der Waals surface area contributed by atoms with Crippen molar-refractivity contribution in [1.82, 2.24) is 9.97 Å². The molecule has 0 amide bonds. The highest BCUT2D eigenvalue weighted by Crippen LogP contribution is 2.31. The van der Waals surface area contributed by atoms with Gasteiger partial charge in [0.25, 0.3) is 5.56 Å². The van der Waals surface area contributed by atoms with E-state index in [0.717, 1.165) is 15.2 Å². The van der Waals surface area contributed by atoms with E-state index in [1.807, 2.05) is 57.2 Å². The van der Waals surface area contributed by atoms with Crippen molar-refractivity contribution in [2.24, 2.45) is 5.41 Å². The minimum Gasteiger partial charge on any atom is -0.454 e. The van der Waals surface area contributed by atoms with Crippen LogP contribution in [0.3, 0.4) is 0 Å². The number of thiazole rings is 2. The molecule has 0 bridgehead atoms. The van der Waals surface area contributed by atoms with Crippen LogP contribution in [0.5, 0.6) is 0 Å². The molecule has 1 N–H and O–H groups in total. The smallest absolute Gasteiger partial charge is 0.266 e. The number of hydrogen-bond donors (Lipinski definition) is 1. The van der Waals surface area contributed by atoms with Gasteiger partial charge in [-0.05, 0) is 24.3 Å². The Hall–Kier alpha value is -2.77. The fourth-order valence-electron chi connectivity index (χ4n) is 2.51. The monoisotopic (exact) mass is 410 g/mol. The number of aromatic nitrogens is 2. The highest BCUT2D eigenvalue weighted by Gasteiger charge is 2.18. The van der Waals surface area contributed by atoms with Crippen LogP contribution in [-0.2, 0) is 4.79 Å². The third-order valence-corrected chi connectivity index (χ3v) is 6.10. The van der Waals surface area contributed by atoms with Gasteiger partial charge in [0.05, 0.1) is 19.4 Å². The maximum Gasteiger partial charge on any atom is 0.266 e. The molecule has 0 saturated heterocycles. The molecule has 0 radical (unpaired) electrons. The molecule has 3 heterocycles. The van der Waals surface area contributed by atoms with Gasteiger partial charge in [-0.15, -0.1) is 22.7 Å². The third kappa shape index (κ3) is 3.76. The molecule has 3 aromatic heterocycles. The zero-order chi connectivity index (χ0) is 19.9. The second kappa shape index (κ2) is 7.00. The van der Waals surface area contributed by atoms with E-state index in [1.165, 1.54) is 17.4 Å². The molecule has 5 nitrogen and oxygen atoms in total. The van der Waals surface area contributed by atoms with Crippen molar-refractivity contribution in [3.05, 3.63) is 61.7 Å². The molecule has 28 heavy (non-hydrogen) atoms. The van der Waals surface area contributed by atoms with Crippen LogP contribution in [0.15, 0.2) is 45.6 Å². The van der Waals surface area contributed by atoms with Gasteiger partial charge in [-0.3, -0.25) is 9.59 Å². The number of ketones is 1. The minimum absolute atomic E-state index is 0.0346. The van der Waals surface area contributed by atoms with E-state index < -0.39 is 5.41 Å². The molecule has 0 atom stereocenters. The van der Waals surface area contributed by atoms with E-state index in [0.29, 0.717) is 20.7 Å². The molecule has 0 fully saturated rings. The van der Waals surface area contributed by atoms with Crippen LogP contribution in [0.2, 0.25) is 0 Å². The Labute approximate surface area is 168 Å². The summed E-state index contributed by atoms with van der Waals surface area (Å²) in [6.07, 6.45) is 3.16. The van der Waals surface area contributed by atoms with Gasteiger partial charge in [0.15, 0.2) is 16.6 Å². The lowest BCUT2D eigenvalue weighted by Crippen LogP contribution is -2.22. The number of para-hydroxylation sites is 1. The van der Waals surface area contributed by atoms with Crippen LogP contribution in [0.4, 0.5) is 0 Å². The fraction of sp³-hybridized carbons (Fsp3) is 0.190. The summed E-state index contributed by atoms with van der Waals surface area (Å²) in [6.45, 7) is 5.53. The van der Waals surface area contributed by atoms with Crippen LogP contribution >= 0.6 is 22.7 Å². The predicted octanol–water partition coefficient (Wildman–Crippen LogP) is 3.53. The lowest BCUT2D eigenvalue weighted by Gasteiger charge is -2.12.